The Bertz CT molecular complexity index is 323. The summed E-state index contributed by atoms with van der Waals surface area (Å²) in [6.07, 6.45) is 2.10. The van der Waals surface area contributed by atoms with Crippen molar-refractivity contribution in [3.8, 4) is 0 Å². The highest BCUT2D eigenvalue weighted by molar-refractivity contribution is 5.83. The standard InChI is InChI=1S/C13H20N2/c1-3-13(4-2)15-10-12-7-5-6-11(8-12)9-14/h5-8H,3-4,9-10,14H2,1-2H3. The van der Waals surface area contributed by atoms with Gasteiger partial charge in [0.25, 0.3) is 0 Å². The summed E-state index contributed by atoms with van der Waals surface area (Å²) in [6.45, 7) is 5.69. The van der Waals surface area contributed by atoms with Gasteiger partial charge in [-0.15, -0.1) is 0 Å². The van der Waals surface area contributed by atoms with E-state index in [-0.39, 0.29) is 0 Å². The molecule has 0 spiro atoms. The Morgan fingerprint density at radius 2 is 1.87 bits per heavy atom. The quantitative estimate of drug-likeness (QED) is 0.736. The highest BCUT2D eigenvalue weighted by Crippen LogP contribution is 2.07. The first-order chi connectivity index (χ1) is 7.30. The molecule has 0 amide bonds. The van der Waals surface area contributed by atoms with Crippen LogP contribution in [-0.2, 0) is 13.1 Å². The smallest absolute Gasteiger partial charge is 0.0639 e. The molecule has 0 radical (unpaired) electrons. The molecule has 0 aliphatic rings. The Morgan fingerprint density at radius 1 is 1.20 bits per heavy atom. The number of benzene rings is 1. The van der Waals surface area contributed by atoms with E-state index in [0.29, 0.717) is 6.54 Å². The lowest BCUT2D eigenvalue weighted by molar-refractivity contribution is 0.999. The molecule has 15 heavy (non-hydrogen) atoms. The van der Waals surface area contributed by atoms with Gasteiger partial charge in [-0.05, 0) is 24.0 Å². The van der Waals surface area contributed by atoms with E-state index < -0.39 is 0 Å². The molecule has 2 N–H and O–H groups in total. The van der Waals surface area contributed by atoms with Crippen LogP contribution in [0.3, 0.4) is 0 Å². The summed E-state index contributed by atoms with van der Waals surface area (Å²) in [5.41, 5.74) is 9.30. The Kier molecular flexibility index (Phi) is 5.05. The summed E-state index contributed by atoms with van der Waals surface area (Å²) in [6, 6.07) is 8.33. The lowest BCUT2D eigenvalue weighted by Gasteiger charge is -2.02. The summed E-state index contributed by atoms with van der Waals surface area (Å²) < 4.78 is 0. The van der Waals surface area contributed by atoms with Crippen LogP contribution in [0.25, 0.3) is 0 Å². The Labute approximate surface area is 92.2 Å². The van der Waals surface area contributed by atoms with Crippen LogP contribution in [0.1, 0.15) is 37.8 Å². The molecule has 0 unspecified atom stereocenters. The predicted octanol–water partition coefficient (Wildman–Crippen LogP) is 2.91. The summed E-state index contributed by atoms with van der Waals surface area (Å²) in [5, 5.41) is 0. The van der Waals surface area contributed by atoms with Gasteiger partial charge in [-0.1, -0.05) is 38.1 Å². The number of hydrogen-bond donors (Lipinski definition) is 1. The second-order valence-electron chi connectivity index (χ2n) is 3.61. The fourth-order valence-electron chi connectivity index (χ4n) is 1.53. The van der Waals surface area contributed by atoms with Gasteiger partial charge < -0.3 is 5.73 Å². The SMILES string of the molecule is CCC(CC)=NCc1cccc(CN)c1. The average molecular weight is 204 g/mol. The number of nitrogens with zero attached hydrogens (tertiary/aromatic N) is 1. The summed E-state index contributed by atoms with van der Waals surface area (Å²) in [7, 11) is 0. The Balaban J connectivity index is 2.68. The van der Waals surface area contributed by atoms with Crippen molar-refractivity contribution in [1.29, 1.82) is 0 Å². The third-order valence-corrected chi connectivity index (χ3v) is 2.53. The van der Waals surface area contributed by atoms with Crippen LogP contribution < -0.4 is 5.73 Å². The van der Waals surface area contributed by atoms with E-state index in [1.165, 1.54) is 16.8 Å². The van der Waals surface area contributed by atoms with Crippen LogP contribution >= 0.6 is 0 Å². The fourth-order valence-corrected chi connectivity index (χ4v) is 1.53. The monoisotopic (exact) mass is 204 g/mol. The van der Waals surface area contributed by atoms with E-state index in [1.54, 1.807) is 0 Å². The molecule has 0 atom stereocenters. The summed E-state index contributed by atoms with van der Waals surface area (Å²) in [5.74, 6) is 0. The number of hydrogen-bond acceptors (Lipinski definition) is 2. The zero-order chi connectivity index (χ0) is 11.1. The van der Waals surface area contributed by atoms with Crippen LogP contribution in [0.15, 0.2) is 29.3 Å². The second kappa shape index (κ2) is 6.36. The highest BCUT2D eigenvalue weighted by atomic mass is 14.7. The van der Waals surface area contributed by atoms with Gasteiger partial charge in [0, 0.05) is 12.3 Å². The molecule has 0 bridgehead atoms. The Morgan fingerprint density at radius 3 is 2.47 bits per heavy atom. The molecule has 0 fully saturated rings. The van der Waals surface area contributed by atoms with Crippen molar-refractivity contribution in [3.05, 3.63) is 35.4 Å². The van der Waals surface area contributed by atoms with E-state index in [0.717, 1.165) is 19.4 Å². The largest absolute Gasteiger partial charge is 0.326 e. The maximum Gasteiger partial charge on any atom is 0.0639 e. The zero-order valence-electron chi connectivity index (χ0n) is 9.66. The second-order valence-corrected chi connectivity index (χ2v) is 3.61. The van der Waals surface area contributed by atoms with Crippen LogP contribution in [0, 0.1) is 0 Å². The third kappa shape index (κ3) is 3.84. The van der Waals surface area contributed by atoms with Crippen LogP contribution in [0.4, 0.5) is 0 Å². The normalized spacial score (nSPS) is 10.1. The average Bonchev–Trinajstić information content (AvgIpc) is 2.31. The van der Waals surface area contributed by atoms with E-state index >= 15 is 0 Å². The molecule has 2 nitrogen and oxygen atoms in total. The van der Waals surface area contributed by atoms with Gasteiger partial charge >= 0.3 is 0 Å². The first-order valence-corrected chi connectivity index (χ1v) is 5.60. The van der Waals surface area contributed by atoms with Crippen molar-refractivity contribution in [2.24, 2.45) is 10.7 Å². The topological polar surface area (TPSA) is 38.4 Å². The Hall–Kier alpha value is -1.15. The van der Waals surface area contributed by atoms with E-state index in [1.807, 2.05) is 12.1 Å². The van der Waals surface area contributed by atoms with E-state index in [2.05, 4.69) is 31.0 Å². The van der Waals surface area contributed by atoms with Crippen molar-refractivity contribution >= 4 is 5.71 Å². The van der Waals surface area contributed by atoms with E-state index in [9.17, 15) is 0 Å². The van der Waals surface area contributed by atoms with Crippen molar-refractivity contribution < 1.29 is 0 Å². The fraction of sp³-hybridized carbons (Fsp3) is 0.462. The molecule has 82 valence electrons. The van der Waals surface area contributed by atoms with Gasteiger partial charge in [0.05, 0.1) is 6.54 Å². The molecule has 0 heterocycles. The number of rotatable bonds is 5. The van der Waals surface area contributed by atoms with Crippen molar-refractivity contribution in [1.82, 2.24) is 0 Å². The molecular formula is C13H20N2. The van der Waals surface area contributed by atoms with Crippen LogP contribution in [-0.4, -0.2) is 5.71 Å². The number of aliphatic imine (C=N–C) groups is 1. The van der Waals surface area contributed by atoms with Gasteiger partial charge in [0.1, 0.15) is 0 Å². The van der Waals surface area contributed by atoms with Crippen molar-refractivity contribution in [2.75, 3.05) is 0 Å². The van der Waals surface area contributed by atoms with Gasteiger partial charge in [-0.25, -0.2) is 0 Å². The number of nitrogens with two attached hydrogens (primary N) is 1. The maximum atomic E-state index is 5.59. The molecule has 1 aromatic rings. The lowest BCUT2D eigenvalue weighted by atomic mass is 10.1. The van der Waals surface area contributed by atoms with E-state index in [4.69, 9.17) is 5.73 Å². The molecular weight excluding hydrogens is 184 g/mol. The molecule has 2 heteroatoms. The van der Waals surface area contributed by atoms with Gasteiger partial charge in [-0.2, -0.15) is 0 Å². The first-order valence-electron chi connectivity index (χ1n) is 5.60. The van der Waals surface area contributed by atoms with Gasteiger partial charge in [0.15, 0.2) is 0 Å². The molecule has 1 aromatic carbocycles. The van der Waals surface area contributed by atoms with Crippen molar-refractivity contribution in [2.45, 2.75) is 39.8 Å². The zero-order valence-corrected chi connectivity index (χ0v) is 9.66. The third-order valence-electron chi connectivity index (χ3n) is 2.53. The molecule has 0 saturated carbocycles. The minimum atomic E-state index is 0.603. The predicted molar refractivity (Wildman–Crippen MR) is 66.1 cm³/mol. The van der Waals surface area contributed by atoms with Crippen LogP contribution in [0.5, 0.6) is 0 Å². The van der Waals surface area contributed by atoms with Crippen LogP contribution in [0.2, 0.25) is 0 Å². The summed E-state index contributed by atoms with van der Waals surface area (Å²) in [4.78, 5) is 4.58. The maximum absolute atomic E-state index is 5.59. The lowest BCUT2D eigenvalue weighted by Crippen LogP contribution is -1.98. The molecule has 0 saturated heterocycles. The van der Waals surface area contributed by atoms with Crippen molar-refractivity contribution in [3.63, 3.8) is 0 Å². The molecule has 0 aliphatic heterocycles. The highest BCUT2D eigenvalue weighted by Gasteiger charge is 1.95. The first kappa shape index (κ1) is 11.9. The minimum Gasteiger partial charge on any atom is -0.326 e. The molecule has 1 rings (SSSR count). The van der Waals surface area contributed by atoms with Gasteiger partial charge in [0.2, 0.25) is 0 Å². The molecule has 0 aromatic heterocycles. The minimum absolute atomic E-state index is 0.603. The molecule has 0 aliphatic carbocycles. The van der Waals surface area contributed by atoms with Gasteiger partial charge in [-0.3, -0.25) is 4.99 Å². The summed E-state index contributed by atoms with van der Waals surface area (Å²) >= 11 is 0.